The SMILES string of the molecule is CSCCC(NC(=O)C(CS)NC(=O)C(C)NC(=O)C(N)C(C)C)C(=O)O. The summed E-state index contributed by atoms with van der Waals surface area (Å²) in [4.78, 5) is 47.7. The average Bonchev–Trinajstić information content (AvgIpc) is 2.61. The van der Waals surface area contributed by atoms with Gasteiger partial charge < -0.3 is 26.8 Å². The molecule has 0 spiro atoms. The summed E-state index contributed by atoms with van der Waals surface area (Å²) in [5.41, 5.74) is 5.73. The molecule has 4 atom stereocenters. The highest BCUT2D eigenvalue weighted by Gasteiger charge is 2.28. The van der Waals surface area contributed by atoms with Gasteiger partial charge in [0, 0.05) is 5.75 Å². The van der Waals surface area contributed by atoms with Crippen LogP contribution in [0.5, 0.6) is 0 Å². The topological polar surface area (TPSA) is 151 Å². The third-order valence-electron chi connectivity index (χ3n) is 3.81. The Labute approximate surface area is 169 Å². The van der Waals surface area contributed by atoms with Crippen LogP contribution in [0.1, 0.15) is 27.2 Å². The average molecular weight is 423 g/mol. The summed E-state index contributed by atoms with van der Waals surface area (Å²) in [5.74, 6) is -2.42. The molecule has 0 aliphatic carbocycles. The summed E-state index contributed by atoms with van der Waals surface area (Å²) in [6.45, 7) is 5.03. The van der Waals surface area contributed by atoms with Gasteiger partial charge >= 0.3 is 5.97 Å². The molecule has 0 aliphatic rings. The molecule has 6 N–H and O–H groups in total. The summed E-state index contributed by atoms with van der Waals surface area (Å²) in [5, 5.41) is 16.5. The monoisotopic (exact) mass is 422 g/mol. The van der Waals surface area contributed by atoms with E-state index >= 15 is 0 Å². The molecule has 0 bridgehead atoms. The van der Waals surface area contributed by atoms with Crippen LogP contribution < -0.4 is 21.7 Å². The fraction of sp³-hybridized carbons (Fsp3) is 0.750. The van der Waals surface area contributed by atoms with Gasteiger partial charge in [-0.05, 0) is 31.3 Å². The van der Waals surface area contributed by atoms with Gasteiger partial charge in [0.1, 0.15) is 18.1 Å². The number of nitrogens with one attached hydrogen (secondary N) is 3. The molecule has 0 saturated carbocycles. The fourth-order valence-electron chi connectivity index (χ4n) is 1.93. The highest BCUT2D eigenvalue weighted by molar-refractivity contribution is 7.98. The van der Waals surface area contributed by atoms with Crippen molar-refractivity contribution in [2.45, 2.75) is 51.4 Å². The van der Waals surface area contributed by atoms with Gasteiger partial charge in [-0.1, -0.05) is 13.8 Å². The van der Waals surface area contributed by atoms with Crippen LogP contribution in [0.3, 0.4) is 0 Å². The quantitative estimate of drug-likeness (QED) is 0.226. The Morgan fingerprint density at radius 3 is 2.00 bits per heavy atom. The van der Waals surface area contributed by atoms with E-state index in [-0.39, 0.29) is 18.1 Å². The van der Waals surface area contributed by atoms with E-state index in [0.717, 1.165) is 0 Å². The van der Waals surface area contributed by atoms with Gasteiger partial charge in [0.05, 0.1) is 6.04 Å². The third kappa shape index (κ3) is 9.34. The van der Waals surface area contributed by atoms with Gasteiger partial charge in [-0.3, -0.25) is 14.4 Å². The number of carbonyl (C=O) groups excluding carboxylic acids is 3. The van der Waals surface area contributed by atoms with Crippen LogP contribution >= 0.6 is 24.4 Å². The molecule has 0 fully saturated rings. The molecule has 0 aromatic carbocycles. The zero-order valence-corrected chi connectivity index (χ0v) is 17.7. The molecule has 11 heteroatoms. The van der Waals surface area contributed by atoms with E-state index in [4.69, 9.17) is 5.73 Å². The first-order valence-electron chi connectivity index (χ1n) is 8.54. The highest BCUT2D eigenvalue weighted by Crippen LogP contribution is 2.03. The number of thiol groups is 1. The molecule has 0 heterocycles. The Balaban J connectivity index is 4.79. The number of aliphatic carboxylic acids is 1. The lowest BCUT2D eigenvalue weighted by Gasteiger charge is -2.23. The van der Waals surface area contributed by atoms with E-state index in [2.05, 4.69) is 28.6 Å². The molecule has 0 saturated heterocycles. The predicted octanol–water partition coefficient (Wildman–Crippen LogP) is -0.788. The van der Waals surface area contributed by atoms with Crippen LogP contribution in [0, 0.1) is 5.92 Å². The number of carboxylic acids is 1. The predicted molar refractivity (Wildman–Crippen MR) is 109 cm³/mol. The maximum absolute atomic E-state index is 12.3. The minimum absolute atomic E-state index is 0.0292. The van der Waals surface area contributed by atoms with Gasteiger partial charge in [0.2, 0.25) is 17.7 Å². The zero-order valence-electron chi connectivity index (χ0n) is 16.0. The second-order valence-corrected chi connectivity index (χ2v) is 7.78. The van der Waals surface area contributed by atoms with E-state index in [9.17, 15) is 24.3 Å². The maximum Gasteiger partial charge on any atom is 0.326 e. The Morgan fingerprint density at radius 1 is 1.00 bits per heavy atom. The summed E-state index contributed by atoms with van der Waals surface area (Å²) < 4.78 is 0. The van der Waals surface area contributed by atoms with Crippen molar-refractivity contribution in [1.82, 2.24) is 16.0 Å². The number of thioether (sulfide) groups is 1. The molecule has 0 aliphatic heterocycles. The van der Waals surface area contributed by atoms with Crippen molar-refractivity contribution in [3.8, 4) is 0 Å². The molecular weight excluding hydrogens is 392 g/mol. The van der Waals surface area contributed by atoms with Crippen molar-refractivity contribution in [3.05, 3.63) is 0 Å². The number of hydrogen-bond acceptors (Lipinski definition) is 7. The molecule has 27 heavy (non-hydrogen) atoms. The lowest BCUT2D eigenvalue weighted by atomic mass is 10.0. The standard InChI is InChI=1S/C16H30N4O5S2/c1-8(2)12(17)15(23)18-9(3)13(21)20-11(7-26)14(22)19-10(16(24)25)5-6-27-4/h8-12,26H,5-7,17H2,1-4H3,(H,18,23)(H,19,22)(H,20,21)(H,24,25). The molecule has 3 amide bonds. The van der Waals surface area contributed by atoms with Crippen molar-refractivity contribution in [2.75, 3.05) is 17.8 Å². The fourth-order valence-corrected chi connectivity index (χ4v) is 2.66. The molecule has 0 radical (unpaired) electrons. The number of carboxylic acid groups (broad SMARTS) is 1. The van der Waals surface area contributed by atoms with Gasteiger partial charge in [0.15, 0.2) is 0 Å². The van der Waals surface area contributed by atoms with Crippen molar-refractivity contribution < 1.29 is 24.3 Å². The number of rotatable bonds is 12. The minimum Gasteiger partial charge on any atom is -0.480 e. The van der Waals surface area contributed by atoms with Crippen LogP contribution in [0.25, 0.3) is 0 Å². The molecule has 4 unspecified atom stereocenters. The van der Waals surface area contributed by atoms with E-state index in [0.29, 0.717) is 5.75 Å². The Kier molecular flexibility index (Phi) is 12.1. The summed E-state index contributed by atoms with van der Waals surface area (Å²) in [7, 11) is 0. The first-order chi connectivity index (χ1) is 12.5. The van der Waals surface area contributed by atoms with Crippen molar-refractivity contribution in [3.63, 3.8) is 0 Å². The number of hydrogen-bond donors (Lipinski definition) is 6. The van der Waals surface area contributed by atoms with Gasteiger partial charge in [0.25, 0.3) is 0 Å². The zero-order chi connectivity index (χ0) is 21.1. The van der Waals surface area contributed by atoms with Crippen molar-refractivity contribution in [2.24, 2.45) is 11.7 Å². The van der Waals surface area contributed by atoms with Crippen molar-refractivity contribution >= 4 is 48.1 Å². The normalized spacial score (nSPS) is 15.4. The summed E-state index contributed by atoms with van der Waals surface area (Å²) in [6.07, 6.45) is 2.09. The number of carbonyl (C=O) groups is 4. The third-order valence-corrected chi connectivity index (χ3v) is 4.82. The molecule has 156 valence electrons. The Hall–Kier alpha value is -1.46. The molecule has 0 aromatic rings. The molecule has 9 nitrogen and oxygen atoms in total. The highest BCUT2D eigenvalue weighted by atomic mass is 32.2. The number of amides is 3. The summed E-state index contributed by atoms with van der Waals surface area (Å²) in [6, 6.07) is -3.75. The maximum atomic E-state index is 12.3. The van der Waals surface area contributed by atoms with Gasteiger partial charge in [-0.2, -0.15) is 24.4 Å². The molecule has 0 rings (SSSR count). The van der Waals surface area contributed by atoms with Crippen LogP contribution in [0.15, 0.2) is 0 Å². The Morgan fingerprint density at radius 2 is 1.56 bits per heavy atom. The second kappa shape index (κ2) is 12.8. The van der Waals surface area contributed by atoms with Crippen LogP contribution in [-0.4, -0.2) is 70.7 Å². The largest absolute Gasteiger partial charge is 0.480 e. The molecular formula is C16H30N4O5S2. The smallest absolute Gasteiger partial charge is 0.326 e. The second-order valence-electron chi connectivity index (χ2n) is 6.42. The number of nitrogens with two attached hydrogens (primary N) is 1. The first kappa shape index (κ1) is 25.5. The van der Waals surface area contributed by atoms with Gasteiger partial charge in [-0.15, -0.1) is 0 Å². The lowest BCUT2D eigenvalue weighted by Crippen LogP contribution is -2.57. The van der Waals surface area contributed by atoms with Gasteiger partial charge in [-0.25, -0.2) is 4.79 Å². The van der Waals surface area contributed by atoms with E-state index in [1.54, 1.807) is 13.8 Å². The van der Waals surface area contributed by atoms with Crippen LogP contribution in [0.2, 0.25) is 0 Å². The molecule has 0 aromatic heterocycles. The van der Waals surface area contributed by atoms with E-state index in [1.807, 2.05) is 6.26 Å². The van der Waals surface area contributed by atoms with E-state index in [1.165, 1.54) is 18.7 Å². The first-order valence-corrected chi connectivity index (χ1v) is 10.6. The minimum atomic E-state index is -1.15. The Bertz CT molecular complexity index is 533. The van der Waals surface area contributed by atoms with Crippen LogP contribution in [0.4, 0.5) is 0 Å². The summed E-state index contributed by atoms with van der Waals surface area (Å²) >= 11 is 5.50. The van der Waals surface area contributed by atoms with Crippen molar-refractivity contribution in [1.29, 1.82) is 0 Å². The lowest BCUT2D eigenvalue weighted by molar-refractivity contribution is -0.142. The van der Waals surface area contributed by atoms with Crippen LogP contribution in [-0.2, 0) is 19.2 Å². The van der Waals surface area contributed by atoms with E-state index < -0.39 is 47.9 Å².